The predicted molar refractivity (Wildman–Crippen MR) is 77.5 cm³/mol. The molecule has 0 saturated carbocycles. The monoisotopic (exact) mass is 314 g/mol. The molecule has 0 spiro atoms. The first kappa shape index (κ1) is 15.6. The molecule has 1 unspecified atom stereocenters. The van der Waals surface area contributed by atoms with E-state index in [-0.39, 0.29) is 6.04 Å². The maximum absolute atomic E-state index is 12.7. The Kier molecular flexibility index (Phi) is 4.42. The molecule has 0 aliphatic carbocycles. The first-order valence-electron chi connectivity index (χ1n) is 6.34. The van der Waals surface area contributed by atoms with Crippen LogP contribution in [-0.2, 0) is 6.18 Å². The zero-order valence-electron chi connectivity index (χ0n) is 11.5. The molecule has 112 valence electrons. The highest BCUT2D eigenvalue weighted by Crippen LogP contribution is 2.31. The predicted octanol–water partition coefficient (Wildman–Crippen LogP) is 5.24. The van der Waals surface area contributed by atoms with E-state index in [2.05, 4.69) is 10.3 Å². The van der Waals surface area contributed by atoms with Gasteiger partial charge in [-0.2, -0.15) is 13.2 Å². The van der Waals surface area contributed by atoms with Crippen molar-refractivity contribution < 1.29 is 13.2 Å². The third kappa shape index (κ3) is 3.88. The van der Waals surface area contributed by atoms with Gasteiger partial charge in [-0.15, -0.1) is 0 Å². The molecule has 0 bridgehead atoms. The van der Waals surface area contributed by atoms with E-state index in [0.717, 1.165) is 17.8 Å². The standard InChI is InChI=1S/C15H14ClF3N2/c1-9(20-13-6-7-14(16)21-10(13)2)11-4-3-5-12(8-11)15(17,18)19/h3-9,20H,1-2H3. The van der Waals surface area contributed by atoms with E-state index in [1.54, 1.807) is 32.0 Å². The van der Waals surface area contributed by atoms with Gasteiger partial charge >= 0.3 is 6.18 Å². The van der Waals surface area contributed by atoms with Crippen molar-refractivity contribution in [2.45, 2.75) is 26.1 Å². The molecule has 2 rings (SSSR count). The number of nitrogens with one attached hydrogen (secondary N) is 1. The second-order valence-electron chi connectivity index (χ2n) is 4.76. The van der Waals surface area contributed by atoms with Crippen LogP contribution in [0, 0.1) is 6.92 Å². The van der Waals surface area contributed by atoms with E-state index in [1.165, 1.54) is 6.07 Å². The minimum absolute atomic E-state index is 0.283. The van der Waals surface area contributed by atoms with Crippen LogP contribution in [0.25, 0.3) is 0 Å². The third-order valence-electron chi connectivity index (χ3n) is 3.14. The summed E-state index contributed by atoms with van der Waals surface area (Å²) >= 11 is 5.78. The average Bonchev–Trinajstić information content (AvgIpc) is 2.41. The maximum Gasteiger partial charge on any atom is 0.416 e. The van der Waals surface area contributed by atoms with E-state index in [9.17, 15) is 13.2 Å². The number of nitrogens with zero attached hydrogens (tertiary/aromatic N) is 1. The molecule has 1 atom stereocenters. The highest BCUT2D eigenvalue weighted by atomic mass is 35.5. The Morgan fingerprint density at radius 1 is 1.19 bits per heavy atom. The smallest absolute Gasteiger partial charge is 0.377 e. The van der Waals surface area contributed by atoms with Crippen molar-refractivity contribution in [1.82, 2.24) is 4.98 Å². The zero-order valence-corrected chi connectivity index (χ0v) is 12.3. The molecule has 0 radical (unpaired) electrons. The third-order valence-corrected chi connectivity index (χ3v) is 3.35. The molecule has 1 N–H and O–H groups in total. The number of pyridine rings is 1. The first-order valence-corrected chi connectivity index (χ1v) is 6.72. The van der Waals surface area contributed by atoms with Crippen LogP contribution >= 0.6 is 11.6 Å². The van der Waals surface area contributed by atoms with E-state index in [4.69, 9.17) is 11.6 Å². The van der Waals surface area contributed by atoms with E-state index >= 15 is 0 Å². The summed E-state index contributed by atoms with van der Waals surface area (Å²) in [6.45, 7) is 3.58. The van der Waals surface area contributed by atoms with Gasteiger partial charge in [0, 0.05) is 6.04 Å². The highest BCUT2D eigenvalue weighted by molar-refractivity contribution is 6.29. The lowest BCUT2D eigenvalue weighted by Gasteiger charge is -2.18. The molecule has 6 heteroatoms. The summed E-state index contributed by atoms with van der Waals surface area (Å²) in [5.41, 5.74) is 1.34. The molecule has 1 aromatic carbocycles. The summed E-state index contributed by atoms with van der Waals surface area (Å²) in [4.78, 5) is 4.10. The number of alkyl halides is 3. The van der Waals surface area contributed by atoms with E-state index in [0.29, 0.717) is 16.4 Å². The van der Waals surface area contributed by atoms with Crippen molar-refractivity contribution in [3.05, 3.63) is 58.4 Å². The zero-order chi connectivity index (χ0) is 15.6. The molecule has 2 nitrogen and oxygen atoms in total. The number of rotatable bonds is 3. The van der Waals surface area contributed by atoms with Gasteiger partial charge in [-0.25, -0.2) is 4.98 Å². The molecule has 2 aromatic rings. The molecule has 0 aliphatic rings. The summed E-state index contributed by atoms with van der Waals surface area (Å²) in [5.74, 6) is 0. The van der Waals surface area contributed by atoms with Gasteiger partial charge in [0.2, 0.25) is 0 Å². The van der Waals surface area contributed by atoms with Crippen molar-refractivity contribution in [2.75, 3.05) is 5.32 Å². The molecule has 0 saturated heterocycles. The molecule has 0 amide bonds. The van der Waals surface area contributed by atoms with Crippen LogP contribution in [0.4, 0.5) is 18.9 Å². The maximum atomic E-state index is 12.7. The number of hydrogen-bond acceptors (Lipinski definition) is 2. The number of aryl methyl sites for hydroxylation is 1. The number of anilines is 1. The SMILES string of the molecule is Cc1nc(Cl)ccc1NC(C)c1cccc(C(F)(F)F)c1. The normalized spacial score (nSPS) is 13.0. The number of hydrogen-bond donors (Lipinski definition) is 1. The van der Waals surface area contributed by atoms with Gasteiger partial charge in [0.05, 0.1) is 16.9 Å². The van der Waals surface area contributed by atoms with Crippen LogP contribution < -0.4 is 5.32 Å². The Bertz CT molecular complexity index is 641. The van der Waals surface area contributed by atoms with E-state index < -0.39 is 11.7 Å². The Hall–Kier alpha value is -1.75. The minimum Gasteiger partial charge on any atom is -0.377 e. The van der Waals surface area contributed by atoms with Gasteiger partial charge in [-0.05, 0) is 43.7 Å². The molecule has 1 heterocycles. The van der Waals surface area contributed by atoms with Crippen LogP contribution in [0.3, 0.4) is 0 Å². The molecule has 0 aliphatic heterocycles. The summed E-state index contributed by atoms with van der Waals surface area (Å²) in [5, 5.41) is 3.52. The first-order chi connectivity index (χ1) is 9.77. The number of benzene rings is 1. The fraction of sp³-hybridized carbons (Fsp3) is 0.267. The van der Waals surface area contributed by atoms with Crippen LogP contribution in [0.2, 0.25) is 5.15 Å². The lowest BCUT2D eigenvalue weighted by molar-refractivity contribution is -0.137. The Balaban J connectivity index is 2.22. The van der Waals surface area contributed by atoms with Crippen LogP contribution in [0.15, 0.2) is 36.4 Å². The average molecular weight is 315 g/mol. The lowest BCUT2D eigenvalue weighted by Crippen LogP contribution is -2.11. The van der Waals surface area contributed by atoms with Crippen molar-refractivity contribution in [1.29, 1.82) is 0 Å². The Labute approximate surface area is 126 Å². The van der Waals surface area contributed by atoms with Gasteiger partial charge in [0.1, 0.15) is 5.15 Å². The molecule has 21 heavy (non-hydrogen) atoms. The highest BCUT2D eigenvalue weighted by Gasteiger charge is 2.30. The summed E-state index contributed by atoms with van der Waals surface area (Å²) in [6, 6.07) is 8.38. The second-order valence-corrected chi connectivity index (χ2v) is 5.14. The topological polar surface area (TPSA) is 24.9 Å². The largest absolute Gasteiger partial charge is 0.416 e. The molecule has 1 aromatic heterocycles. The molecular weight excluding hydrogens is 301 g/mol. The lowest BCUT2D eigenvalue weighted by atomic mass is 10.0. The number of halogens is 4. The number of aromatic nitrogens is 1. The second kappa shape index (κ2) is 5.93. The van der Waals surface area contributed by atoms with Gasteiger partial charge in [0.25, 0.3) is 0 Å². The van der Waals surface area contributed by atoms with Crippen LogP contribution in [-0.4, -0.2) is 4.98 Å². The van der Waals surface area contributed by atoms with Gasteiger partial charge < -0.3 is 5.32 Å². The molecule has 0 fully saturated rings. The summed E-state index contributed by atoms with van der Waals surface area (Å²) < 4.78 is 38.2. The Morgan fingerprint density at radius 3 is 2.52 bits per heavy atom. The Morgan fingerprint density at radius 2 is 1.90 bits per heavy atom. The van der Waals surface area contributed by atoms with Crippen molar-refractivity contribution >= 4 is 17.3 Å². The van der Waals surface area contributed by atoms with Gasteiger partial charge in [-0.3, -0.25) is 0 Å². The molecular formula is C15H14ClF3N2. The van der Waals surface area contributed by atoms with Crippen molar-refractivity contribution in [2.24, 2.45) is 0 Å². The van der Waals surface area contributed by atoms with Crippen LogP contribution in [0.5, 0.6) is 0 Å². The minimum atomic E-state index is -4.34. The van der Waals surface area contributed by atoms with Crippen LogP contribution in [0.1, 0.15) is 29.8 Å². The fourth-order valence-electron chi connectivity index (χ4n) is 1.98. The summed E-state index contributed by atoms with van der Waals surface area (Å²) in [7, 11) is 0. The summed E-state index contributed by atoms with van der Waals surface area (Å²) in [6.07, 6.45) is -4.34. The quantitative estimate of drug-likeness (QED) is 0.784. The fourth-order valence-corrected chi connectivity index (χ4v) is 2.17. The van der Waals surface area contributed by atoms with Gasteiger partial charge in [0.15, 0.2) is 0 Å². The van der Waals surface area contributed by atoms with E-state index in [1.807, 2.05) is 0 Å². The van der Waals surface area contributed by atoms with Crippen molar-refractivity contribution in [3.8, 4) is 0 Å². The van der Waals surface area contributed by atoms with Crippen molar-refractivity contribution in [3.63, 3.8) is 0 Å². The van der Waals surface area contributed by atoms with Gasteiger partial charge in [-0.1, -0.05) is 23.7 Å².